The topological polar surface area (TPSA) is 12.7 Å². The molecule has 2 aliphatic rings. The predicted octanol–water partition coefficient (Wildman–Crippen LogP) is 9.43. The van der Waals surface area contributed by atoms with Gasteiger partial charge < -0.3 is 0 Å². The van der Waals surface area contributed by atoms with Gasteiger partial charge in [-0.1, -0.05) is 107 Å². The summed E-state index contributed by atoms with van der Waals surface area (Å²) < 4.78 is 7.63. The van der Waals surface area contributed by atoms with Crippen molar-refractivity contribution in [3.63, 3.8) is 0 Å². The van der Waals surface area contributed by atoms with Gasteiger partial charge in [0.05, 0.1) is 20.1 Å². The fraction of sp³-hybridized carbons (Fsp3) is 0.273. The highest BCUT2D eigenvalue weighted by Gasteiger charge is 2.44. The van der Waals surface area contributed by atoms with Crippen LogP contribution in [-0.4, -0.2) is 12.6 Å². The van der Waals surface area contributed by atoms with Gasteiger partial charge in [-0.3, -0.25) is 0 Å². The lowest BCUT2D eigenvalue weighted by atomic mass is 9.77. The molecule has 4 heteroatoms. The maximum Gasteiger partial charge on any atom is 0.300 e. The van der Waals surface area contributed by atoms with Crippen LogP contribution in [0.25, 0.3) is 45.1 Å². The van der Waals surface area contributed by atoms with Crippen molar-refractivity contribution in [1.82, 2.24) is 4.57 Å². The third-order valence-electron chi connectivity index (χ3n) is 10.6. The molecule has 6 aromatic rings. The van der Waals surface area contributed by atoms with Crippen molar-refractivity contribution in [2.45, 2.75) is 71.1 Å². The molecule has 0 saturated carbocycles. The van der Waals surface area contributed by atoms with Crippen molar-refractivity contribution in [1.29, 1.82) is 0 Å². The lowest BCUT2D eigenvalue weighted by Crippen LogP contribution is -2.54. The maximum absolute atomic E-state index is 4.95. The summed E-state index contributed by atoms with van der Waals surface area (Å²) in [6.07, 6.45) is 6.68. The average molecular weight is 646 g/mol. The Labute approximate surface area is 286 Å². The van der Waals surface area contributed by atoms with E-state index in [0.29, 0.717) is 11.8 Å². The summed E-state index contributed by atoms with van der Waals surface area (Å²) in [4.78, 5) is 0. The van der Waals surface area contributed by atoms with Gasteiger partial charge in [0.2, 0.25) is 5.69 Å². The minimum absolute atomic E-state index is 0.259. The Bertz CT molecular complexity index is 2180. The van der Waals surface area contributed by atoms with Gasteiger partial charge in [0.25, 0.3) is 5.82 Å². The highest BCUT2D eigenvalue weighted by Crippen LogP contribution is 2.45. The van der Waals surface area contributed by atoms with Crippen molar-refractivity contribution in [3.8, 4) is 28.3 Å². The van der Waals surface area contributed by atoms with Gasteiger partial charge in [0, 0.05) is 22.7 Å². The third-order valence-corrected chi connectivity index (χ3v) is 12.7. The van der Waals surface area contributed by atoms with Gasteiger partial charge in [-0.05, 0) is 78.3 Å². The fourth-order valence-electron chi connectivity index (χ4n) is 8.60. The van der Waals surface area contributed by atoms with E-state index in [1.807, 2.05) is 0 Å². The monoisotopic (exact) mass is 645 g/mol. The van der Waals surface area contributed by atoms with E-state index >= 15 is 0 Å². The summed E-state index contributed by atoms with van der Waals surface area (Å²) in [6, 6.07) is 40.9. The van der Waals surface area contributed by atoms with E-state index in [0.717, 1.165) is 31.4 Å². The smallest absolute Gasteiger partial charge is 0.195 e. The van der Waals surface area contributed by atoms with E-state index in [-0.39, 0.29) is 6.04 Å². The Hall–Kier alpha value is -4.54. The molecule has 0 fully saturated rings. The van der Waals surface area contributed by atoms with Gasteiger partial charge in [0.15, 0.2) is 23.3 Å². The highest BCUT2D eigenvalue weighted by atomic mass is 28.3. The number of imidazole rings is 1. The standard InChI is InChI=1S/C44H47N3Si/c1-30(2)26-33-28-42-37-21-13-12-20-36(37)38-25-24-32-16-10-11-19-35(32)44-46(31(3)27-41(38)45(42)29-43(33)48(4,5)6)39-22-14-15-23-40(39)47(44)34-17-8-7-9-18-34/h7-23,28-30,38,41H,3,24-27H2,1-2,4-6H3/q+2. The molecule has 2 unspecified atom stereocenters. The second-order valence-electron chi connectivity index (χ2n) is 15.4. The SMILES string of the molecule is C=C1CC2C(CCc3ccccc3-c3n1c1ccccc1[n+]3-c1ccccc1)c1ccccc1-c1cc(CC(C)C)c([Si](C)(C)C)c[n+]12. The first-order chi connectivity index (χ1) is 23.2. The van der Waals surface area contributed by atoms with Crippen LogP contribution in [0.4, 0.5) is 0 Å². The summed E-state index contributed by atoms with van der Waals surface area (Å²) in [6.45, 7) is 17.2. The lowest BCUT2D eigenvalue weighted by molar-refractivity contribution is -0.716. The number of pyridine rings is 1. The Kier molecular flexibility index (Phi) is 7.60. The van der Waals surface area contributed by atoms with Gasteiger partial charge >= 0.3 is 0 Å². The number of benzene rings is 4. The highest BCUT2D eigenvalue weighted by molar-refractivity contribution is 6.89. The van der Waals surface area contributed by atoms with Crippen molar-refractivity contribution in [2.75, 3.05) is 0 Å². The van der Waals surface area contributed by atoms with Crippen molar-refractivity contribution >= 4 is 30.0 Å². The molecule has 0 radical (unpaired) electrons. The number of para-hydroxylation sites is 3. The number of rotatable bonds is 4. The summed E-state index contributed by atoms with van der Waals surface area (Å²) in [7, 11) is -1.64. The van der Waals surface area contributed by atoms with Crippen LogP contribution in [0, 0.1) is 5.92 Å². The third kappa shape index (κ3) is 5.09. The van der Waals surface area contributed by atoms with Crippen LogP contribution < -0.4 is 14.3 Å². The van der Waals surface area contributed by atoms with E-state index in [1.165, 1.54) is 50.5 Å². The molecule has 0 N–H and O–H groups in total. The van der Waals surface area contributed by atoms with E-state index in [4.69, 9.17) is 6.58 Å². The van der Waals surface area contributed by atoms with Gasteiger partial charge in [-0.25, -0.2) is 0 Å². The first kappa shape index (κ1) is 30.8. The number of hydrogen-bond acceptors (Lipinski definition) is 0. The lowest BCUT2D eigenvalue weighted by Gasteiger charge is -2.33. The van der Waals surface area contributed by atoms with Crippen molar-refractivity contribution < 1.29 is 9.13 Å². The van der Waals surface area contributed by atoms with E-state index < -0.39 is 8.07 Å². The van der Waals surface area contributed by atoms with Crippen LogP contribution in [0.15, 0.2) is 122 Å². The fourth-order valence-corrected chi connectivity index (χ4v) is 10.3. The minimum Gasteiger partial charge on any atom is -0.195 e. The molecule has 0 amide bonds. The normalized spacial score (nSPS) is 17.3. The zero-order valence-corrected chi connectivity index (χ0v) is 30.1. The molecule has 2 aliphatic heterocycles. The molecular weight excluding hydrogens is 599 g/mol. The summed E-state index contributed by atoms with van der Waals surface area (Å²) in [5, 5.41) is 1.60. The van der Waals surface area contributed by atoms with Crippen LogP contribution in [-0.2, 0) is 12.8 Å². The second kappa shape index (κ2) is 11.9. The van der Waals surface area contributed by atoms with Crippen LogP contribution in [0.3, 0.4) is 0 Å². The number of nitrogens with zero attached hydrogens (tertiary/aromatic N) is 3. The van der Waals surface area contributed by atoms with Crippen LogP contribution in [0.2, 0.25) is 19.6 Å². The molecule has 48 heavy (non-hydrogen) atoms. The number of aryl methyl sites for hydroxylation is 1. The van der Waals surface area contributed by atoms with E-state index in [1.54, 1.807) is 10.8 Å². The number of aromatic nitrogens is 3. The summed E-state index contributed by atoms with van der Waals surface area (Å²) >= 11 is 0. The zero-order valence-electron chi connectivity index (χ0n) is 29.1. The molecule has 0 bridgehead atoms. The van der Waals surface area contributed by atoms with Crippen LogP contribution >= 0.6 is 0 Å². The Morgan fingerprint density at radius 3 is 2.29 bits per heavy atom. The Balaban J connectivity index is 1.40. The predicted molar refractivity (Wildman–Crippen MR) is 203 cm³/mol. The quantitative estimate of drug-likeness (QED) is 0.134. The molecule has 0 saturated heterocycles. The van der Waals surface area contributed by atoms with Gasteiger partial charge in [0.1, 0.15) is 11.4 Å². The number of allylic oxidation sites excluding steroid dienone is 1. The number of fused-ring (bicyclic) bond motifs is 11. The Morgan fingerprint density at radius 1 is 0.833 bits per heavy atom. The largest absolute Gasteiger partial charge is 0.300 e. The average Bonchev–Trinajstić information content (AvgIpc) is 3.42. The second-order valence-corrected chi connectivity index (χ2v) is 20.4. The first-order valence-corrected chi connectivity index (χ1v) is 21.3. The first-order valence-electron chi connectivity index (χ1n) is 17.8. The van der Waals surface area contributed by atoms with E-state index in [2.05, 4.69) is 163 Å². The van der Waals surface area contributed by atoms with Gasteiger partial charge in [-0.2, -0.15) is 13.7 Å². The molecule has 2 atom stereocenters. The molecule has 2 aromatic heterocycles. The molecule has 4 aromatic carbocycles. The Morgan fingerprint density at radius 2 is 1.52 bits per heavy atom. The van der Waals surface area contributed by atoms with Crippen molar-refractivity contribution in [3.05, 3.63) is 139 Å². The summed E-state index contributed by atoms with van der Waals surface area (Å²) in [5.74, 6) is 2.18. The van der Waals surface area contributed by atoms with Gasteiger partial charge in [-0.15, -0.1) is 0 Å². The minimum atomic E-state index is -1.64. The molecule has 8 rings (SSSR count). The van der Waals surface area contributed by atoms with E-state index in [9.17, 15) is 0 Å². The molecule has 0 aliphatic carbocycles. The molecular formula is C44H47N3Si+2. The van der Waals surface area contributed by atoms with Crippen LogP contribution in [0.5, 0.6) is 0 Å². The van der Waals surface area contributed by atoms with Crippen LogP contribution in [0.1, 0.15) is 55.3 Å². The molecule has 0 spiro atoms. The molecule has 240 valence electrons. The molecule has 3 nitrogen and oxygen atoms in total. The molecule has 4 heterocycles. The number of hydrogen-bond donors (Lipinski definition) is 0. The maximum atomic E-state index is 4.95. The van der Waals surface area contributed by atoms with Crippen molar-refractivity contribution in [2.24, 2.45) is 5.92 Å². The summed E-state index contributed by atoms with van der Waals surface area (Å²) in [5.41, 5.74) is 13.2. The zero-order chi connectivity index (χ0) is 33.2.